The summed E-state index contributed by atoms with van der Waals surface area (Å²) in [4.78, 5) is 60.7. The standard InChI is InChI=1S/C25H47N5O7/c1-5-7-22(33)28-13-15-30(14-12-27-21(32)6-2)24(35)9-8-23(34)29-25(3,4)11-17-37-19-18-36-16-10-20(26)31/h5-19H2,1-4H3,(H2,26,31)(H,27,32)(H,28,33)(H,29,34). The van der Waals surface area contributed by atoms with Crippen molar-refractivity contribution in [1.29, 1.82) is 0 Å². The number of amides is 5. The SMILES string of the molecule is CCCC(=O)NCCN(CCNC(=O)CC)C(=O)CCC(=O)NC(C)(C)CCOCCOCCC(N)=O. The summed E-state index contributed by atoms with van der Waals surface area (Å²) in [6.45, 7) is 10.0. The summed E-state index contributed by atoms with van der Waals surface area (Å²) in [5.41, 5.74) is 4.51. The molecule has 0 unspecified atom stereocenters. The normalized spacial score (nSPS) is 11.0. The minimum absolute atomic E-state index is 0.0195. The van der Waals surface area contributed by atoms with Crippen LogP contribution in [0, 0.1) is 0 Å². The molecule has 0 atom stereocenters. The van der Waals surface area contributed by atoms with Gasteiger partial charge in [-0.2, -0.15) is 0 Å². The molecule has 0 aromatic carbocycles. The van der Waals surface area contributed by atoms with E-state index in [4.69, 9.17) is 15.2 Å². The molecular weight excluding hydrogens is 482 g/mol. The van der Waals surface area contributed by atoms with Crippen LogP contribution < -0.4 is 21.7 Å². The molecular formula is C25H47N5O7. The number of carbonyl (C=O) groups excluding carboxylic acids is 5. The third-order valence-corrected chi connectivity index (χ3v) is 5.34. The summed E-state index contributed by atoms with van der Waals surface area (Å²) < 4.78 is 10.7. The van der Waals surface area contributed by atoms with Crippen LogP contribution in [0.25, 0.3) is 0 Å². The molecule has 0 heterocycles. The predicted molar refractivity (Wildman–Crippen MR) is 139 cm³/mol. The van der Waals surface area contributed by atoms with Crippen LogP contribution in [0.5, 0.6) is 0 Å². The minimum Gasteiger partial charge on any atom is -0.379 e. The van der Waals surface area contributed by atoms with Crippen LogP contribution in [0.15, 0.2) is 0 Å². The van der Waals surface area contributed by atoms with Gasteiger partial charge in [-0.1, -0.05) is 13.8 Å². The van der Waals surface area contributed by atoms with Gasteiger partial charge in [0, 0.05) is 70.4 Å². The zero-order chi connectivity index (χ0) is 28.1. The van der Waals surface area contributed by atoms with Gasteiger partial charge in [0.1, 0.15) is 0 Å². The molecule has 5 N–H and O–H groups in total. The third kappa shape index (κ3) is 20.1. The lowest BCUT2D eigenvalue weighted by Crippen LogP contribution is -2.45. The molecule has 0 aliphatic carbocycles. The number of primary amides is 1. The van der Waals surface area contributed by atoms with E-state index in [0.29, 0.717) is 65.3 Å². The fourth-order valence-electron chi connectivity index (χ4n) is 3.17. The lowest BCUT2D eigenvalue weighted by Gasteiger charge is -2.27. The molecule has 0 aliphatic rings. The number of nitrogens with zero attached hydrogens (tertiary/aromatic N) is 1. The molecule has 0 saturated carbocycles. The Morgan fingerprint density at radius 3 is 1.92 bits per heavy atom. The van der Waals surface area contributed by atoms with Crippen molar-refractivity contribution in [3.05, 3.63) is 0 Å². The first-order valence-electron chi connectivity index (χ1n) is 13.1. The Kier molecular flexibility index (Phi) is 18.8. The van der Waals surface area contributed by atoms with E-state index in [-0.39, 0.29) is 49.5 Å². The summed E-state index contributed by atoms with van der Waals surface area (Å²) in [7, 11) is 0. The Bertz CT molecular complexity index is 716. The van der Waals surface area contributed by atoms with Crippen LogP contribution in [0.2, 0.25) is 0 Å². The Labute approximate surface area is 220 Å². The monoisotopic (exact) mass is 529 g/mol. The molecule has 12 nitrogen and oxygen atoms in total. The second-order valence-corrected chi connectivity index (χ2v) is 9.31. The van der Waals surface area contributed by atoms with Crippen molar-refractivity contribution in [3.8, 4) is 0 Å². The van der Waals surface area contributed by atoms with Gasteiger partial charge in [-0.15, -0.1) is 0 Å². The zero-order valence-corrected chi connectivity index (χ0v) is 23.0. The highest BCUT2D eigenvalue weighted by Crippen LogP contribution is 2.10. The molecule has 12 heteroatoms. The van der Waals surface area contributed by atoms with E-state index >= 15 is 0 Å². The highest BCUT2D eigenvalue weighted by molar-refractivity contribution is 5.84. The van der Waals surface area contributed by atoms with E-state index in [1.54, 1.807) is 11.8 Å². The van der Waals surface area contributed by atoms with Crippen molar-refractivity contribution in [2.75, 3.05) is 52.6 Å². The van der Waals surface area contributed by atoms with Crippen LogP contribution in [-0.2, 0) is 33.4 Å². The average molecular weight is 530 g/mol. The quantitative estimate of drug-likeness (QED) is 0.146. The van der Waals surface area contributed by atoms with Gasteiger partial charge in [0.25, 0.3) is 0 Å². The summed E-state index contributed by atoms with van der Waals surface area (Å²) in [5.74, 6) is -1.06. The second kappa shape index (κ2) is 20.3. The van der Waals surface area contributed by atoms with Gasteiger partial charge in [-0.3, -0.25) is 24.0 Å². The maximum absolute atomic E-state index is 12.8. The maximum Gasteiger partial charge on any atom is 0.223 e. The van der Waals surface area contributed by atoms with Gasteiger partial charge in [-0.25, -0.2) is 0 Å². The molecule has 0 aromatic heterocycles. The molecule has 5 amide bonds. The average Bonchev–Trinajstić information content (AvgIpc) is 2.82. The number of hydrogen-bond acceptors (Lipinski definition) is 7. The van der Waals surface area contributed by atoms with E-state index in [2.05, 4.69) is 16.0 Å². The van der Waals surface area contributed by atoms with Gasteiger partial charge >= 0.3 is 0 Å². The molecule has 0 radical (unpaired) electrons. The molecule has 0 bridgehead atoms. The molecule has 0 fully saturated rings. The molecule has 214 valence electrons. The zero-order valence-electron chi connectivity index (χ0n) is 23.0. The van der Waals surface area contributed by atoms with Crippen molar-refractivity contribution in [3.63, 3.8) is 0 Å². The van der Waals surface area contributed by atoms with Crippen LogP contribution in [0.4, 0.5) is 0 Å². The van der Waals surface area contributed by atoms with E-state index in [9.17, 15) is 24.0 Å². The summed E-state index contributed by atoms with van der Waals surface area (Å²) >= 11 is 0. The van der Waals surface area contributed by atoms with Crippen molar-refractivity contribution in [2.45, 2.75) is 78.2 Å². The lowest BCUT2D eigenvalue weighted by molar-refractivity contribution is -0.134. The Morgan fingerprint density at radius 1 is 0.757 bits per heavy atom. The number of ether oxygens (including phenoxy) is 2. The van der Waals surface area contributed by atoms with Crippen molar-refractivity contribution in [2.24, 2.45) is 5.73 Å². The summed E-state index contributed by atoms with van der Waals surface area (Å²) in [5, 5.41) is 8.44. The molecule has 0 aliphatic heterocycles. The van der Waals surface area contributed by atoms with Gasteiger partial charge in [0.15, 0.2) is 0 Å². The van der Waals surface area contributed by atoms with Crippen LogP contribution >= 0.6 is 0 Å². The fraction of sp³-hybridized carbons (Fsp3) is 0.800. The fourth-order valence-corrected chi connectivity index (χ4v) is 3.17. The Hall–Kier alpha value is -2.73. The van der Waals surface area contributed by atoms with Crippen molar-refractivity contribution in [1.82, 2.24) is 20.9 Å². The topological polar surface area (TPSA) is 169 Å². The Balaban J connectivity index is 4.44. The number of rotatable bonds is 22. The van der Waals surface area contributed by atoms with Crippen LogP contribution in [0.3, 0.4) is 0 Å². The van der Waals surface area contributed by atoms with Crippen LogP contribution in [-0.4, -0.2) is 92.6 Å². The van der Waals surface area contributed by atoms with Gasteiger partial charge in [0.05, 0.1) is 19.8 Å². The first-order valence-corrected chi connectivity index (χ1v) is 13.1. The Morgan fingerprint density at radius 2 is 1.35 bits per heavy atom. The van der Waals surface area contributed by atoms with E-state index in [1.807, 2.05) is 20.8 Å². The van der Waals surface area contributed by atoms with Gasteiger partial charge in [-0.05, 0) is 26.7 Å². The first-order chi connectivity index (χ1) is 17.5. The van der Waals surface area contributed by atoms with Crippen molar-refractivity contribution >= 4 is 29.5 Å². The maximum atomic E-state index is 12.8. The molecule has 37 heavy (non-hydrogen) atoms. The highest BCUT2D eigenvalue weighted by atomic mass is 16.5. The largest absolute Gasteiger partial charge is 0.379 e. The van der Waals surface area contributed by atoms with Crippen LogP contribution in [0.1, 0.15) is 72.6 Å². The second-order valence-electron chi connectivity index (χ2n) is 9.31. The molecule has 0 spiro atoms. The minimum atomic E-state index is -0.527. The van der Waals surface area contributed by atoms with E-state index in [0.717, 1.165) is 6.42 Å². The lowest BCUT2D eigenvalue weighted by atomic mass is 10.0. The van der Waals surface area contributed by atoms with Crippen molar-refractivity contribution < 1.29 is 33.4 Å². The van der Waals surface area contributed by atoms with Gasteiger partial charge < -0.3 is 36.1 Å². The van der Waals surface area contributed by atoms with Gasteiger partial charge in [0.2, 0.25) is 29.5 Å². The number of hydrogen-bond donors (Lipinski definition) is 4. The molecule has 0 saturated heterocycles. The summed E-state index contributed by atoms with van der Waals surface area (Å²) in [6, 6.07) is 0. The number of carbonyl (C=O) groups is 5. The van der Waals surface area contributed by atoms with E-state index in [1.165, 1.54) is 0 Å². The smallest absolute Gasteiger partial charge is 0.223 e. The number of nitrogens with one attached hydrogen (secondary N) is 3. The summed E-state index contributed by atoms with van der Waals surface area (Å²) in [6.07, 6.45) is 2.29. The number of nitrogens with two attached hydrogens (primary N) is 1. The molecule has 0 rings (SSSR count). The molecule has 0 aromatic rings. The third-order valence-electron chi connectivity index (χ3n) is 5.34. The predicted octanol–water partition coefficient (Wildman–Crippen LogP) is 0.231. The van der Waals surface area contributed by atoms with E-state index < -0.39 is 11.4 Å². The first kappa shape index (κ1) is 34.3. The highest BCUT2D eigenvalue weighted by Gasteiger charge is 2.22.